The summed E-state index contributed by atoms with van der Waals surface area (Å²) >= 11 is 1.56. The number of aromatic nitrogens is 3. The molecule has 3 heterocycles. The normalized spacial score (nSPS) is 9.68. The van der Waals surface area contributed by atoms with E-state index in [2.05, 4.69) is 27.1 Å². The fourth-order valence-corrected chi connectivity index (χ4v) is 2.65. The van der Waals surface area contributed by atoms with Crippen LogP contribution in [-0.2, 0) is 20.1 Å². The summed E-state index contributed by atoms with van der Waals surface area (Å²) in [7, 11) is 1.50. The van der Waals surface area contributed by atoms with Gasteiger partial charge in [-0.1, -0.05) is 11.6 Å². The first-order valence-electron chi connectivity index (χ1n) is 7.76. The van der Waals surface area contributed by atoms with Crippen molar-refractivity contribution in [3.8, 4) is 28.4 Å². The predicted octanol–water partition coefficient (Wildman–Crippen LogP) is 4.84. The van der Waals surface area contributed by atoms with Gasteiger partial charge in [-0.2, -0.15) is 12.1 Å². The SMILES string of the molecule is COc1ccnc(-c2[c-]cc(F)cc2F)c1.[Ir].[c-]1cccnc1-c1cscn1. The maximum atomic E-state index is 13.4. The number of benzene rings is 1. The molecule has 4 aromatic rings. The molecule has 0 aliphatic heterocycles. The van der Waals surface area contributed by atoms with E-state index in [4.69, 9.17) is 4.74 Å². The number of hydrogen-bond acceptors (Lipinski definition) is 5. The Morgan fingerprint density at radius 1 is 1.04 bits per heavy atom. The van der Waals surface area contributed by atoms with Crippen molar-refractivity contribution in [3.05, 3.63) is 83.4 Å². The second-order valence-corrected chi connectivity index (χ2v) is 5.84. The van der Waals surface area contributed by atoms with E-state index in [1.807, 2.05) is 17.5 Å². The number of nitrogens with zero attached hydrogens (tertiary/aromatic N) is 3. The van der Waals surface area contributed by atoms with Crippen molar-refractivity contribution >= 4 is 11.3 Å². The van der Waals surface area contributed by atoms with Crippen molar-refractivity contribution < 1.29 is 33.6 Å². The molecule has 0 saturated carbocycles. The molecule has 28 heavy (non-hydrogen) atoms. The molecule has 8 heteroatoms. The molecule has 0 unspecified atom stereocenters. The van der Waals surface area contributed by atoms with Crippen molar-refractivity contribution in [1.29, 1.82) is 0 Å². The van der Waals surface area contributed by atoms with E-state index in [0.717, 1.165) is 23.5 Å². The van der Waals surface area contributed by atoms with Crippen LogP contribution in [0.3, 0.4) is 0 Å². The first-order chi connectivity index (χ1) is 13.2. The number of pyridine rings is 2. The Morgan fingerprint density at radius 3 is 2.54 bits per heavy atom. The summed E-state index contributed by atoms with van der Waals surface area (Å²) in [6.07, 6.45) is 3.23. The molecule has 0 bridgehead atoms. The molecular formula is C20H13F2IrN3OS-2. The molecule has 0 aliphatic carbocycles. The van der Waals surface area contributed by atoms with Crippen molar-refractivity contribution in [2.24, 2.45) is 0 Å². The second-order valence-electron chi connectivity index (χ2n) is 5.13. The third-order valence-corrected chi connectivity index (χ3v) is 3.95. The van der Waals surface area contributed by atoms with Gasteiger partial charge in [-0.15, -0.1) is 29.5 Å². The van der Waals surface area contributed by atoms with Crippen LogP contribution in [0.15, 0.2) is 59.7 Å². The van der Waals surface area contributed by atoms with Crippen LogP contribution in [0.2, 0.25) is 0 Å². The van der Waals surface area contributed by atoms with Gasteiger partial charge < -0.3 is 14.7 Å². The monoisotopic (exact) mass is 574 g/mol. The van der Waals surface area contributed by atoms with E-state index in [1.165, 1.54) is 13.3 Å². The van der Waals surface area contributed by atoms with Crippen LogP contribution in [0.4, 0.5) is 8.78 Å². The molecule has 0 aliphatic rings. The molecule has 4 nitrogen and oxygen atoms in total. The molecule has 0 spiro atoms. The van der Waals surface area contributed by atoms with Gasteiger partial charge in [0.05, 0.1) is 12.6 Å². The van der Waals surface area contributed by atoms with Gasteiger partial charge in [-0.25, -0.2) is 0 Å². The minimum Gasteiger partial charge on any atom is -0.497 e. The molecular weight excluding hydrogens is 561 g/mol. The molecule has 1 aromatic carbocycles. The third kappa shape index (κ3) is 5.73. The molecule has 0 atom stereocenters. The Labute approximate surface area is 178 Å². The van der Waals surface area contributed by atoms with Gasteiger partial charge in [0.1, 0.15) is 5.75 Å². The maximum Gasteiger partial charge on any atom is 0.113 e. The standard InChI is InChI=1S/C12H8F2NO.C8H5N2S.Ir/c1-16-9-4-5-15-12(7-9)10-3-2-8(13)6-11(10)14;1-2-4-9-7(3-1)8-5-11-6-10-8;/h2,4-7H,1H3;1-2,4-6H;/q2*-1;. The van der Waals surface area contributed by atoms with E-state index in [0.29, 0.717) is 11.4 Å². The van der Waals surface area contributed by atoms with Crippen LogP contribution in [0, 0.1) is 23.8 Å². The topological polar surface area (TPSA) is 47.9 Å². The third-order valence-electron chi connectivity index (χ3n) is 3.36. The number of rotatable bonds is 3. The summed E-state index contributed by atoms with van der Waals surface area (Å²) in [5.41, 5.74) is 3.99. The molecule has 145 valence electrons. The van der Waals surface area contributed by atoms with Crippen molar-refractivity contribution in [1.82, 2.24) is 15.0 Å². The average Bonchev–Trinajstić information content (AvgIpc) is 3.24. The van der Waals surface area contributed by atoms with Gasteiger partial charge in [-0.3, -0.25) is 13.8 Å². The van der Waals surface area contributed by atoms with Crippen LogP contribution >= 0.6 is 11.3 Å². The Bertz CT molecular complexity index is 1000. The van der Waals surface area contributed by atoms with Gasteiger partial charge in [0, 0.05) is 43.6 Å². The zero-order chi connectivity index (χ0) is 19.1. The van der Waals surface area contributed by atoms with Crippen molar-refractivity contribution in [2.45, 2.75) is 0 Å². The molecule has 0 fully saturated rings. The number of thiazole rings is 1. The average molecular weight is 574 g/mol. The van der Waals surface area contributed by atoms with Crippen LogP contribution in [0.25, 0.3) is 22.6 Å². The summed E-state index contributed by atoms with van der Waals surface area (Å²) in [5.74, 6) is -0.799. The largest absolute Gasteiger partial charge is 0.497 e. The summed E-state index contributed by atoms with van der Waals surface area (Å²) < 4.78 is 31.1. The van der Waals surface area contributed by atoms with E-state index in [9.17, 15) is 8.78 Å². The van der Waals surface area contributed by atoms with Gasteiger partial charge in [0.2, 0.25) is 0 Å². The quantitative estimate of drug-likeness (QED) is 0.330. The molecule has 3 aromatic heterocycles. The fourth-order valence-electron chi connectivity index (χ4n) is 2.11. The van der Waals surface area contributed by atoms with Crippen LogP contribution in [0.5, 0.6) is 5.75 Å². The first-order valence-corrected chi connectivity index (χ1v) is 8.70. The second kappa shape index (κ2) is 10.7. The molecule has 0 amide bonds. The molecule has 0 saturated heterocycles. The Hall–Kier alpha value is -2.54. The van der Waals surface area contributed by atoms with E-state index >= 15 is 0 Å². The minimum absolute atomic E-state index is 0. The van der Waals surface area contributed by atoms with Crippen LogP contribution in [0.1, 0.15) is 0 Å². The van der Waals surface area contributed by atoms with Gasteiger partial charge in [-0.05, 0) is 35.1 Å². The Balaban J connectivity index is 0.000000205. The maximum absolute atomic E-state index is 13.4. The minimum atomic E-state index is -0.694. The summed E-state index contributed by atoms with van der Waals surface area (Å²) in [5, 5.41) is 1.96. The van der Waals surface area contributed by atoms with Crippen molar-refractivity contribution in [3.63, 3.8) is 0 Å². The van der Waals surface area contributed by atoms with Crippen LogP contribution in [-0.4, -0.2) is 22.1 Å². The molecule has 0 N–H and O–H groups in total. The molecule has 4 rings (SSSR count). The summed E-state index contributed by atoms with van der Waals surface area (Å²) in [4.78, 5) is 12.2. The van der Waals surface area contributed by atoms with Gasteiger partial charge >= 0.3 is 0 Å². The zero-order valence-corrected chi connectivity index (χ0v) is 17.7. The first kappa shape index (κ1) is 21.8. The van der Waals surface area contributed by atoms with Gasteiger partial charge in [0.25, 0.3) is 0 Å². The Kier molecular flexibility index (Phi) is 8.32. The molecule has 1 radical (unpaired) electrons. The fraction of sp³-hybridized carbons (Fsp3) is 0.0500. The predicted molar refractivity (Wildman–Crippen MR) is 99.2 cm³/mol. The van der Waals surface area contributed by atoms with E-state index in [-0.39, 0.29) is 25.7 Å². The summed E-state index contributed by atoms with van der Waals surface area (Å²) in [6, 6.07) is 14.3. The van der Waals surface area contributed by atoms with E-state index in [1.54, 1.807) is 35.2 Å². The van der Waals surface area contributed by atoms with E-state index < -0.39 is 11.6 Å². The van der Waals surface area contributed by atoms with Gasteiger partial charge in [0.15, 0.2) is 0 Å². The zero-order valence-electron chi connectivity index (χ0n) is 14.5. The number of halogens is 2. The summed E-state index contributed by atoms with van der Waals surface area (Å²) in [6.45, 7) is 0. The smallest absolute Gasteiger partial charge is 0.113 e. The number of methoxy groups -OCH3 is 1. The number of hydrogen-bond donors (Lipinski definition) is 0. The number of ether oxygens (including phenoxy) is 1. The van der Waals surface area contributed by atoms with Crippen LogP contribution < -0.4 is 4.74 Å². The Morgan fingerprint density at radius 2 is 1.89 bits per heavy atom. The van der Waals surface area contributed by atoms with Crippen molar-refractivity contribution in [2.75, 3.05) is 7.11 Å².